The van der Waals surface area contributed by atoms with Crippen LogP contribution in [0.3, 0.4) is 0 Å². The summed E-state index contributed by atoms with van der Waals surface area (Å²) in [6, 6.07) is 9.88. The summed E-state index contributed by atoms with van der Waals surface area (Å²) in [6.07, 6.45) is -4.28. The molecule has 2 heterocycles. The lowest BCUT2D eigenvalue weighted by Crippen LogP contribution is -2.57. The quantitative estimate of drug-likeness (QED) is 0.582. The van der Waals surface area contributed by atoms with Gasteiger partial charge in [0.2, 0.25) is 0 Å². The van der Waals surface area contributed by atoms with Gasteiger partial charge in [-0.25, -0.2) is 0 Å². The van der Waals surface area contributed by atoms with Crippen molar-refractivity contribution in [2.45, 2.75) is 40.6 Å². The normalized spacial score (nSPS) is 30.4. The Morgan fingerprint density at radius 3 is 2.50 bits per heavy atom. The second-order valence-electron chi connectivity index (χ2n) is 5.44. The van der Waals surface area contributed by atoms with E-state index in [2.05, 4.69) is 10.2 Å². The van der Waals surface area contributed by atoms with E-state index in [9.17, 15) is 20.4 Å². The van der Waals surface area contributed by atoms with E-state index in [4.69, 9.17) is 4.74 Å². The second kappa shape index (κ2) is 7.87. The largest absolute Gasteiger partial charge is 0.394 e. The number of hydrogen-bond acceptors (Lipinski definition) is 9. The molecular weight excluding hydrogens is 352 g/mol. The van der Waals surface area contributed by atoms with Crippen LogP contribution in [0.15, 0.2) is 34.7 Å². The van der Waals surface area contributed by atoms with Gasteiger partial charge < -0.3 is 25.2 Å². The van der Waals surface area contributed by atoms with Crippen molar-refractivity contribution in [3.05, 3.63) is 40.9 Å². The molecule has 9 heteroatoms. The summed E-state index contributed by atoms with van der Waals surface area (Å²) < 4.78 is 6.04. The highest BCUT2D eigenvalue weighted by Crippen LogP contribution is 2.35. The minimum absolute atomic E-state index is 0.447. The van der Waals surface area contributed by atoms with Crippen LogP contribution < -0.4 is 0 Å². The van der Waals surface area contributed by atoms with Gasteiger partial charge in [0.1, 0.15) is 34.9 Å². The smallest absolute Gasteiger partial charge is 0.176 e. The molecule has 0 radical (unpaired) electrons. The molecule has 0 amide bonds. The molecule has 0 saturated carbocycles. The molecule has 0 aliphatic carbocycles. The third kappa shape index (κ3) is 3.94. The molecule has 1 fully saturated rings. The molecule has 0 unspecified atom stereocenters. The zero-order valence-electron chi connectivity index (χ0n) is 12.6. The molecule has 0 bridgehead atoms. The number of aliphatic hydroxyl groups is 4. The Labute approximate surface area is 146 Å². The van der Waals surface area contributed by atoms with Crippen LogP contribution in [0, 0.1) is 0 Å². The lowest BCUT2D eigenvalue weighted by atomic mass is 10.0. The van der Waals surface area contributed by atoms with Crippen LogP contribution in [0.4, 0.5) is 0 Å². The number of aromatic nitrogens is 2. The Hall–Kier alpha value is -1.07. The highest BCUT2D eigenvalue weighted by molar-refractivity contribution is 8.01. The number of nitrogens with zero attached hydrogens (tertiary/aromatic N) is 2. The SMILES string of the molecule is OC[C@H]1O[C@@H](Sc2nnc(Cc3ccccc3)s2)[C@H](O)[C@@H](O)[C@H]1O. The first-order valence-electron chi connectivity index (χ1n) is 7.42. The summed E-state index contributed by atoms with van der Waals surface area (Å²) in [5.41, 5.74) is 0.288. The molecule has 1 aromatic heterocycles. The predicted molar refractivity (Wildman–Crippen MR) is 88.8 cm³/mol. The fourth-order valence-corrected chi connectivity index (χ4v) is 4.55. The fraction of sp³-hybridized carbons (Fsp3) is 0.467. The minimum atomic E-state index is -1.38. The van der Waals surface area contributed by atoms with E-state index in [1.165, 1.54) is 11.3 Å². The van der Waals surface area contributed by atoms with Crippen LogP contribution >= 0.6 is 23.1 Å². The number of ether oxygens (including phenoxy) is 1. The van der Waals surface area contributed by atoms with Gasteiger partial charge in [-0.3, -0.25) is 0 Å². The highest BCUT2D eigenvalue weighted by Gasteiger charge is 2.44. The highest BCUT2D eigenvalue weighted by atomic mass is 32.2. The lowest BCUT2D eigenvalue weighted by Gasteiger charge is -2.39. The Kier molecular flexibility index (Phi) is 5.82. The Morgan fingerprint density at radius 2 is 1.79 bits per heavy atom. The maximum Gasteiger partial charge on any atom is 0.176 e. The first kappa shape index (κ1) is 17.7. The maximum absolute atomic E-state index is 10.0. The molecule has 1 aromatic carbocycles. The number of hydrogen-bond donors (Lipinski definition) is 4. The van der Waals surface area contributed by atoms with Gasteiger partial charge in [0.05, 0.1) is 6.61 Å². The van der Waals surface area contributed by atoms with Crippen LogP contribution in [0.2, 0.25) is 0 Å². The van der Waals surface area contributed by atoms with Gasteiger partial charge in [-0.15, -0.1) is 10.2 Å². The van der Waals surface area contributed by atoms with Crippen LogP contribution in [-0.2, 0) is 11.2 Å². The Morgan fingerprint density at radius 1 is 1.04 bits per heavy atom. The summed E-state index contributed by atoms with van der Waals surface area (Å²) in [6.45, 7) is -0.447. The first-order valence-corrected chi connectivity index (χ1v) is 9.11. The number of thioether (sulfide) groups is 1. The van der Waals surface area contributed by atoms with Gasteiger partial charge in [-0.1, -0.05) is 53.4 Å². The van der Waals surface area contributed by atoms with Crippen molar-refractivity contribution >= 4 is 23.1 Å². The van der Waals surface area contributed by atoms with Crippen molar-refractivity contribution in [1.29, 1.82) is 0 Å². The van der Waals surface area contributed by atoms with Crippen molar-refractivity contribution in [1.82, 2.24) is 10.2 Å². The number of aliphatic hydroxyl groups excluding tert-OH is 4. The molecule has 2 aromatic rings. The van der Waals surface area contributed by atoms with E-state index < -0.39 is 36.5 Å². The average Bonchev–Trinajstić information content (AvgIpc) is 3.03. The third-order valence-corrected chi connectivity index (χ3v) is 5.87. The predicted octanol–water partition coefficient (Wildman–Crippen LogP) is 0.0209. The Bertz CT molecular complexity index is 654. The summed E-state index contributed by atoms with van der Waals surface area (Å²) in [5, 5.41) is 47.9. The molecule has 24 heavy (non-hydrogen) atoms. The molecule has 7 nitrogen and oxygen atoms in total. The van der Waals surface area contributed by atoms with Crippen molar-refractivity contribution in [2.75, 3.05) is 6.61 Å². The molecule has 3 rings (SSSR count). The summed E-state index contributed by atoms with van der Waals surface area (Å²) in [7, 11) is 0. The Balaban J connectivity index is 1.65. The minimum Gasteiger partial charge on any atom is -0.394 e. The van der Waals surface area contributed by atoms with Crippen molar-refractivity contribution in [2.24, 2.45) is 0 Å². The van der Waals surface area contributed by atoms with Gasteiger partial charge in [0.25, 0.3) is 0 Å². The van der Waals surface area contributed by atoms with Crippen LogP contribution in [0.5, 0.6) is 0 Å². The summed E-state index contributed by atoms with van der Waals surface area (Å²) in [4.78, 5) is 0. The van der Waals surface area contributed by atoms with Gasteiger partial charge in [-0.05, 0) is 5.56 Å². The van der Waals surface area contributed by atoms with Crippen molar-refractivity contribution < 1.29 is 25.2 Å². The van der Waals surface area contributed by atoms with E-state index >= 15 is 0 Å². The van der Waals surface area contributed by atoms with Gasteiger partial charge in [0.15, 0.2) is 4.34 Å². The van der Waals surface area contributed by atoms with Gasteiger partial charge in [0, 0.05) is 6.42 Å². The molecule has 5 atom stereocenters. The van der Waals surface area contributed by atoms with E-state index in [0.29, 0.717) is 10.8 Å². The topological polar surface area (TPSA) is 116 Å². The molecule has 0 spiro atoms. The summed E-state index contributed by atoms with van der Waals surface area (Å²) >= 11 is 2.50. The van der Waals surface area contributed by atoms with Crippen LogP contribution in [0.1, 0.15) is 10.6 Å². The second-order valence-corrected chi connectivity index (χ2v) is 7.85. The average molecular weight is 370 g/mol. The molecular formula is C15H18N2O5S2. The zero-order valence-corrected chi connectivity index (χ0v) is 14.2. The third-order valence-electron chi connectivity index (χ3n) is 3.71. The standard InChI is InChI=1S/C15H18N2O5S2/c18-7-9-11(19)12(20)13(21)14(22-9)24-15-17-16-10(23-15)6-8-4-2-1-3-5-8/h1-5,9,11-14,18-21H,6-7H2/t9-,11+,12+,13-,14+/m1/s1. The number of rotatable bonds is 5. The monoisotopic (exact) mass is 370 g/mol. The zero-order chi connectivity index (χ0) is 17.1. The molecule has 130 valence electrons. The number of benzene rings is 1. The van der Waals surface area contributed by atoms with Crippen molar-refractivity contribution in [3.63, 3.8) is 0 Å². The molecule has 1 aliphatic heterocycles. The first-order chi connectivity index (χ1) is 11.6. The van der Waals surface area contributed by atoms with Gasteiger partial charge in [-0.2, -0.15) is 0 Å². The van der Waals surface area contributed by atoms with Crippen LogP contribution in [0.25, 0.3) is 0 Å². The van der Waals surface area contributed by atoms with E-state index in [-0.39, 0.29) is 0 Å². The van der Waals surface area contributed by atoms with Crippen LogP contribution in [-0.4, -0.2) is 67.1 Å². The van der Waals surface area contributed by atoms with Crippen molar-refractivity contribution in [3.8, 4) is 0 Å². The molecule has 4 N–H and O–H groups in total. The molecule has 1 aliphatic rings. The van der Waals surface area contributed by atoms with E-state index in [0.717, 1.165) is 22.3 Å². The lowest BCUT2D eigenvalue weighted by molar-refractivity contribution is -0.205. The molecule has 1 saturated heterocycles. The van der Waals surface area contributed by atoms with E-state index in [1.807, 2.05) is 30.3 Å². The summed E-state index contributed by atoms with van der Waals surface area (Å²) in [5.74, 6) is 0. The van der Waals surface area contributed by atoms with Gasteiger partial charge >= 0.3 is 0 Å². The van der Waals surface area contributed by atoms with E-state index in [1.54, 1.807) is 0 Å². The fourth-order valence-electron chi connectivity index (χ4n) is 2.39. The maximum atomic E-state index is 10.0.